The van der Waals surface area contributed by atoms with Crippen LogP contribution in [0, 0.1) is 6.92 Å². The molecule has 2 heterocycles. The van der Waals surface area contributed by atoms with Gasteiger partial charge in [0.1, 0.15) is 0 Å². The minimum absolute atomic E-state index is 0.731. The van der Waals surface area contributed by atoms with Crippen molar-refractivity contribution in [2.45, 2.75) is 26.9 Å². The van der Waals surface area contributed by atoms with Crippen LogP contribution in [-0.2, 0) is 13.1 Å². The number of rotatable bonds is 5. The predicted molar refractivity (Wildman–Crippen MR) is 78.0 cm³/mol. The van der Waals surface area contributed by atoms with E-state index in [1.54, 1.807) is 12.3 Å². The first-order valence-electron chi connectivity index (χ1n) is 6.42. The minimum atomic E-state index is 0.731. The van der Waals surface area contributed by atoms with Crippen molar-refractivity contribution in [1.82, 2.24) is 14.9 Å². The first-order valence-corrected chi connectivity index (χ1v) is 6.80. The zero-order valence-electron chi connectivity index (χ0n) is 11.3. The lowest BCUT2D eigenvalue weighted by molar-refractivity contribution is 0.265. The second kappa shape index (κ2) is 6.64. The van der Waals surface area contributed by atoms with Gasteiger partial charge in [0.25, 0.3) is 0 Å². The summed E-state index contributed by atoms with van der Waals surface area (Å²) in [6, 6.07) is 9.82. The molecule has 0 unspecified atom stereocenters. The molecule has 0 bridgehead atoms. The van der Waals surface area contributed by atoms with Gasteiger partial charge < -0.3 is 0 Å². The second-order valence-electron chi connectivity index (χ2n) is 4.54. The Morgan fingerprint density at radius 3 is 2.63 bits per heavy atom. The van der Waals surface area contributed by atoms with Crippen LogP contribution in [0.4, 0.5) is 0 Å². The van der Waals surface area contributed by atoms with Gasteiger partial charge in [0.2, 0.25) is 0 Å². The van der Waals surface area contributed by atoms with Gasteiger partial charge in [0.05, 0.1) is 11.4 Å². The van der Waals surface area contributed by atoms with Gasteiger partial charge in [-0.15, -0.1) is 0 Å². The van der Waals surface area contributed by atoms with Crippen molar-refractivity contribution in [1.29, 1.82) is 0 Å². The molecule has 2 aromatic heterocycles. The molecule has 100 valence electrons. The fourth-order valence-corrected chi connectivity index (χ4v) is 2.14. The molecule has 0 aliphatic carbocycles. The lowest BCUT2D eigenvalue weighted by Gasteiger charge is -2.19. The average molecular weight is 276 g/mol. The molecule has 2 rings (SSSR count). The van der Waals surface area contributed by atoms with Crippen LogP contribution in [-0.4, -0.2) is 21.4 Å². The van der Waals surface area contributed by atoms with Crippen molar-refractivity contribution in [3.8, 4) is 0 Å². The molecule has 0 atom stereocenters. The quantitative estimate of drug-likeness (QED) is 0.837. The second-order valence-corrected chi connectivity index (χ2v) is 4.98. The highest BCUT2D eigenvalue weighted by molar-refractivity contribution is 6.30. The molecule has 0 saturated carbocycles. The van der Waals surface area contributed by atoms with E-state index in [4.69, 9.17) is 11.6 Å². The number of pyridine rings is 2. The Labute approximate surface area is 119 Å². The predicted octanol–water partition coefficient (Wildman–Crippen LogP) is 3.46. The Hall–Kier alpha value is -1.45. The summed E-state index contributed by atoms with van der Waals surface area (Å²) in [5.41, 5.74) is 3.13. The molecular formula is C15H18ClN3. The van der Waals surface area contributed by atoms with Gasteiger partial charge >= 0.3 is 0 Å². The molecule has 19 heavy (non-hydrogen) atoms. The molecule has 2 aromatic rings. The summed E-state index contributed by atoms with van der Waals surface area (Å²) in [7, 11) is 0. The van der Waals surface area contributed by atoms with Crippen LogP contribution in [0.25, 0.3) is 0 Å². The van der Waals surface area contributed by atoms with Gasteiger partial charge in [-0.2, -0.15) is 0 Å². The fraction of sp³-hybridized carbons (Fsp3) is 0.333. The fourth-order valence-electron chi connectivity index (χ4n) is 1.96. The average Bonchev–Trinajstić information content (AvgIpc) is 2.38. The van der Waals surface area contributed by atoms with Crippen LogP contribution in [0.3, 0.4) is 0 Å². The Morgan fingerprint density at radius 2 is 1.95 bits per heavy atom. The topological polar surface area (TPSA) is 29.0 Å². The normalized spacial score (nSPS) is 10.9. The molecule has 0 N–H and O–H groups in total. The molecule has 3 nitrogen and oxygen atoms in total. The maximum Gasteiger partial charge on any atom is 0.0558 e. The van der Waals surface area contributed by atoms with Crippen molar-refractivity contribution < 1.29 is 0 Å². The highest BCUT2D eigenvalue weighted by atomic mass is 35.5. The zero-order chi connectivity index (χ0) is 13.7. The van der Waals surface area contributed by atoms with E-state index in [2.05, 4.69) is 27.9 Å². The monoisotopic (exact) mass is 275 g/mol. The Bertz CT molecular complexity index is 495. The van der Waals surface area contributed by atoms with Crippen LogP contribution >= 0.6 is 11.6 Å². The highest BCUT2D eigenvalue weighted by Crippen LogP contribution is 2.11. The number of aromatic nitrogens is 2. The van der Waals surface area contributed by atoms with Crippen molar-refractivity contribution in [2.24, 2.45) is 0 Å². The first-order chi connectivity index (χ1) is 9.17. The lowest BCUT2D eigenvalue weighted by Crippen LogP contribution is -2.23. The van der Waals surface area contributed by atoms with Gasteiger partial charge in [0, 0.05) is 30.0 Å². The van der Waals surface area contributed by atoms with E-state index < -0.39 is 0 Å². The number of hydrogen-bond acceptors (Lipinski definition) is 3. The van der Waals surface area contributed by atoms with Gasteiger partial charge in [-0.25, -0.2) is 0 Å². The molecule has 0 radical (unpaired) electrons. The third-order valence-electron chi connectivity index (χ3n) is 2.94. The largest absolute Gasteiger partial charge is 0.292 e. The van der Waals surface area contributed by atoms with Crippen LogP contribution in [0.15, 0.2) is 36.5 Å². The lowest BCUT2D eigenvalue weighted by atomic mass is 10.2. The highest BCUT2D eigenvalue weighted by Gasteiger charge is 2.07. The number of aryl methyl sites for hydroxylation is 1. The molecular weight excluding hydrogens is 258 g/mol. The molecule has 4 heteroatoms. The summed E-state index contributed by atoms with van der Waals surface area (Å²) < 4.78 is 0. The summed E-state index contributed by atoms with van der Waals surface area (Å²) in [5, 5.41) is 0.731. The van der Waals surface area contributed by atoms with Crippen molar-refractivity contribution in [2.75, 3.05) is 6.54 Å². The molecule has 0 saturated heterocycles. The third-order valence-corrected chi connectivity index (χ3v) is 3.18. The summed E-state index contributed by atoms with van der Waals surface area (Å²) in [6.45, 7) is 6.71. The third kappa shape index (κ3) is 4.30. The Balaban J connectivity index is 2.04. The smallest absolute Gasteiger partial charge is 0.0558 e. The Kier molecular flexibility index (Phi) is 4.88. The molecule has 0 aliphatic rings. The van der Waals surface area contributed by atoms with Crippen LogP contribution in [0.2, 0.25) is 5.02 Å². The van der Waals surface area contributed by atoms with E-state index in [9.17, 15) is 0 Å². The van der Waals surface area contributed by atoms with Crippen molar-refractivity contribution >= 4 is 11.6 Å². The van der Waals surface area contributed by atoms with Crippen LogP contribution in [0.1, 0.15) is 24.0 Å². The van der Waals surface area contributed by atoms with E-state index in [0.29, 0.717) is 0 Å². The maximum absolute atomic E-state index is 5.98. The van der Waals surface area contributed by atoms with Gasteiger partial charge in [-0.3, -0.25) is 14.9 Å². The molecule has 0 spiro atoms. The standard InChI is InChI=1S/C15H18ClN3/c1-3-19(10-14-6-4-5-12(2)18-14)11-15-9-13(16)7-8-17-15/h4-9H,3,10-11H2,1-2H3. The van der Waals surface area contributed by atoms with Gasteiger partial charge in [0.15, 0.2) is 0 Å². The summed E-state index contributed by atoms with van der Waals surface area (Å²) in [6.07, 6.45) is 1.75. The summed E-state index contributed by atoms with van der Waals surface area (Å²) in [5.74, 6) is 0. The number of nitrogens with zero attached hydrogens (tertiary/aromatic N) is 3. The summed E-state index contributed by atoms with van der Waals surface area (Å²) >= 11 is 5.98. The van der Waals surface area contributed by atoms with Gasteiger partial charge in [-0.1, -0.05) is 24.6 Å². The van der Waals surface area contributed by atoms with Crippen LogP contribution < -0.4 is 0 Å². The van der Waals surface area contributed by atoms with E-state index in [1.807, 2.05) is 25.1 Å². The number of hydrogen-bond donors (Lipinski definition) is 0. The maximum atomic E-state index is 5.98. The van der Waals surface area contributed by atoms with E-state index in [1.165, 1.54) is 0 Å². The molecule has 0 aliphatic heterocycles. The van der Waals surface area contributed by atoms with E-state index in [0.717, 1.165) is 41.7 Å². The SMILES string of the molecule is CCN(Cc1cc(Cl)ccn1)Cc1cccc(C)n1. The zero-order valence-corrected chi connectivity index (χ0v) is 12.1. The van der Waals surface area contributed by atoms with E-state index >= 15 is 0 Å². The molecule has 0 fully saturated rings. The molecule has 0 aromatic carbocycles. The van der Waals surface area contributed by atoms with Gasteiger partial charge in [-0.05, 0) is 37.7 Å². The van der Waals surface area contributed by atoms with Crippen LogP contribution in [0.5, 0.6) is 0 Å². The van der Waals surface area contributed by atoms with E-state index in [-0.39, 0.29) is 0 Å². The molecule has 0 amide bonds. The number of halogens is 1. The Morgan fingerprint density at radius 1 is 1.16 bits per heavy atom. The minimum Gasteiger partial charge on any atom is -0.292 e. The first kappa shape index (κ1) is 14.0. The van der Waals surface area contributed by atoms with Crippen molar-refractivity contribution in [3.63, 3.8) is 0 Å². The van der Waals surface area contributed by atoms with Crippen molar-refractivity contribution in [3.05, 3.63) is 58.6 Å². The summed E-state index contributed by atoms with van der Waals surface area (Å²) in [4.78, 5) is 11.2.